The number of aliphatic hydroxyl groups is 4. The molecule has 1 aromatic carbocycles. The summed E-state index contributed by atoms with van der Waals surface area (Å²) < 4.78 is 13.0. The quantitative estimate of drug-likeness (QED) is 0.0571. The molecule has 1 spiro atoms. The van der Waals surface area contributed by atoms with Gasteiger partial charge in [0, 0.05) is 66.9 Å². The third-order valence-electron chi connectivity index (χ3n) is 17.3. The van der Waals surface area contributed by atoms with Gasteiger partial charge in [0.05, 0.1) is 30.5 Å². The maximum atomic E-state index is 14.8. The van der Waals surface area contributed by atoms with Gasteiger partial charge in [-0.05, 0) is 93.9 Å². The Labute approximate surface area is 473 Å². The summed E-state index contributed by atoms with van der Waals surface area (Å²) in [6, 6.07) is 1.48. The van der Waals surface area contributed by atoms with E-state index in [4.69, 9.17) is 9.47 Å². The number of amides is 4. The lowest BCUT2D eigenvalue weighted by Gasteiger charge is -2.56. The number of phenolic OH excluding ortho intramolecular Hbond substituents is 1. The van der Waals surface area contributed by atoms with Crippen molar-refractivity contribution in [3.63, 3.8) is 0 Å². The average molecular weight is 1120 g/mol. The number of hydrogen-bond acceptors (Lipinski definition) is 14. The number of esters is 1. The molecular weight excluding hydrogens is 1020 g/mol. The van der Waals surface area contributed by atoms with Crippen LogP contribution in [0.4, 0.5) is 0 Å². The molecule has 4 aliphatic heterocycles. The van der Waals surface area contributed by atoms with E-state index < -0.39 is 102 Å². The van der Waals surface area contributed by atoms with Crippen molar-refractivity contribution in [2.75, 3.05) is 6.54 Å². The first kappa shape index (κ1) is 65.3. The van der Waals surface area contributed by atoms with E-state index in [-0.39, 0.29) is 72.0 Å². The highest BCUT2D eigenvalue weighted by Gasteiger charge is 2.57. The van der Waals surface area contributed by atoms with Crippen LogP contribution in [0, 0.1) is 48.3 Å². The fraction of sp³-hybridized carbons (Fsp3) is 0.645. The Hall–Kier alpha value is -5.50. The molecule has 4 aliphatic rings. The van der Waals surface area contributed by atoms with E-state index in [2.05, 4.69) is 28.3 Å². The number of allylic oxidation sites excluding steroid dienone is 6. The smallest absolute Gasteiger partial charge is 0.325 e. The summed E-state index contributed by atoms with van der Waals surface area (Å²) in [6.45, 7) is 21.6. The lowest BCUT2D eigenvalue weighted by atomic mass is 9.69. The standard InChI is InChI=1S/C62H93N5O13/c1-13-44-31-38(7)62(65-57(44)74)43(12)55(72)42(11)52(80-62)33-50(71)35(4)21-16-14-17-22-37(6)51-25-19-15-18-24-48(69)41(10)56(73)46(29-27-39(8)68)58(75)63-53(34(2)3)59(76)64-54(40(9)45-28-26-36(5)49(70)32-45)60(77)67-30-20-23-47(66-67)61(78)79-51/h14-15,17-19,22,24,26,28-29,32,34-35,38,40-44,47-48,50-56,66,69-73H,13,16,20-21,23,25,27,30-31,33H2,1-12H3,(H,63,75)(H,64,76)(H,65,74). The van der Waals surface area contributed by atoms with Gasteiger partial charge < -0.3 is 51.0 Å². The van der Waals surface area contributed by atoms with Crippen LogP contribution in [0.3, 0.4) is 0 Å². The number of benzene rings is 1. The van der Waals surface area contributed by atoms with Crippen molar-refractivity contribution in [3.05, 3.63) is 89.1 Å². The molecule has 444 valence electrons. The molecule has 4 amide bonds. The second kappa shape index (κ2) is 29.5. The molecule has 0 saturated carbocycles. The third kappa shape index (κ3) is 16.4. The van der Waals surface area contributed by atoms with E-state index in [0.29, 0.717) is 55.2 Å². The van der Waals surface area contributed by atoms with Crippen LogP contribution in [0.1, 0.15) is 151 Å². The van der Waals surface area contributed by atoms with Crippen molar-refractivity contribution in [2.45, 2.75) is 207 Å². The van der Waals surface area contributed by atoms with E-state index in [1.807, 2.05) is 52.8 Å². The molecule has 17 atom stereocenters. The van der Waals surface area contributed by atoms with E-state index in [0.717, 1.165) is 6.42 Å². The van der Waals surface area contributed by atoms with Gasteiger partial charge in [-0.15, -0.1) is 0 Å². The van der Waals surface area contributed by atoms with Crippen LogP contribution in [0.5, 0.6) is 5.75 Å². The Morgan fingerprint density at radius 2 is 1.66 bits per heavy atom. The number of hydrogen-bond donors (Lipinski definition) is 9. The number of rotatable bonds is 14. The van der Waals surface area contributed by atoms with Crippen LogP contribution in [0.2, 0.25) is 0 Å². The average Bonchev–Trinajstić information content (AvgIpc) is 3.62. The summed E-state index contributed by atoms with van der Waals surface area (Å²) in [6.07, 6.45) is 11.5. The molecule has 0 aromatic heterocycles. The van der Waals surface area contributed by atoms with E-state index in [9.17, 15) is 54.3 Å². The monoisotopic (exact) mass is 1120 g/mol. The maximum Gasteiger partial charge on any atom is 0.325 e. The predicted octanol–water partition coefficient (Wildman–Crippen LogP) is 6.20. The van der Waals surface area contributed by atoms with Gasteiger partial charge in [-0.2, -0.15) is 0 Å². The van der Waals surface area contributed by atoms with E-state index in [1.54, 1.807) is 65.0 Å². The zero-order chi connectivity index (χ0) is 59.3. The second-order valence-electron chi connectivity index (χ2n) is 23.7. The van der Waals surface area contributed by atoms with E-state index in [1.165, 1.54) is 30.2 Å². The number of carbonyl (C=O) groups is 6. The van der Waals surface area contributed by atoms with Crippen molar-refractivity contribution >= 4 is 35.4 Å². The number of hydrazine groups is 1. The van der Waals surface area contributed by atoms with Crippen LogP contribution in [0.25, 0.3) is 0 Å². The fourth-order valence-electron chi connectivity index (χ4n) is 11.3. The number of ether oxygens (including phenoxy) is 2. The van der Waals surface area contributed by atoms with Crippen molar-refractivity contribution in [2.24, 2.45) is 41.4 Å². The number of aliphatic hydroxyl groups excluding tert-OH is 4. The number of cyclic esters (lactones) is 1. The molecule has 17 unspecified atom stereocenters. The second-order valence-corrected chi connectivity index (χ2v) is 23.7. The first-order valence-electron chi connectivity index (χ1n) is 29.0. The molecule has 3 fully saturated rings. The largest absolute Gasteiger partial charge is 0.508 e. The Kier molecular flexibility index (Phi) is 24.1. The predicted molar refractivity (Wildman–Crippen MR) is 305 cm³/mol. The van der Waals surface area contributed by atoms with Crippen molar-refractivity contribution in [3.8, 4) is 5.75 Å². The SMILES string of the molecule is CCC1CC(C)C2(NC1=O)OC(CC(O)C(C)CCC=CC=C(C)C1CC=CC=CC(O)C(C)C(O)C(=CCC(C)=O)C(=O)NC(C(C)C)C(=O)NC(C(C)c3ccc(C)c(O)c3)C(=O)N3CCCC(N3)C(=O)O1)C(C)C(O)C2C. The lowest BCUT2D eigenvalue weighted by Crippen LogP contribution is -2.71. The lowest BCUT2D eigenvalue weighted by molar-refractivity contribution is -0.267. The number of carbonyl (C=O) groups excluding carboxylic acids is 6. The topological polar surface area (TPSA) is 273 Å². The maximum absolute atomic E-state index is 14.8. The number of phenols is 1. The highest BCUT2D eigenvalue weighted by atomic mass is 16.5. The highest BCUT2D eigenvalue weighted by Crippen LogP contribution is 2.46. The molecule has 80 heavy (non-hydrogen) atoms. The molecule has 3 saturated heterocycles. The van der Waals surface area contributed by atoms with Gasteiger partial charge in [0.25, 0.3) is 5.91 Å². The minimum absolute atomic E-state index is 0.00953. The molecular formula is C62H93N5O13. The number of Topliss-reactive ketones (excluding diaryl/α,β-unsaturated/α-hetero) is 1. The molecule has 2 bridgehead atoms. The summed E-state index contributed by atoms with van der Waals surface area (Å²) in [4.78, 5) is 82.8. The molecule has 5 rings (SSSR count). The van der Waals surface area contributed by atoms with Crippen LogP contribution in [0.15, 0.2) is 78.0 Å². The van der Waals surface area contributed by atoms with Gasteiger partial charge in [0.15, 0.2) is 0 Å². The number of aryl methyl sites for hydroxylation is 1. The summed E-state index contributed by atoms with van der Waals surface area (Å²) >= 11 is 0. The summed E-state index contributed by atoms with van der Waals surface area (Å²) in [5.41, 5.74) is 3.67. The Bertz CT molecular complexity index is 2490. The summed E-state index contributed by atoms with van der Waals surface area (Å²) in [5.74, 6) is -6.24. The molecule has 9 N–H and O–H groups in total. The Morgan fingerprint density at radius 1 is 0.950 bits per heavy atom. The number of nitrogens with one attached hydrogen (secondary N) is 4. The number of ketones is 1. The molecule has 18 nitrogen and oxygen atoms in total. The number of aromatic hydroxyl groups is 1. The van der Waals surface area contributed by atoms with Crippen LogP contribution in [-0.2, 0) is 38.2 Å². The number of piperidine rings is 1. The van der Waals surface area contributed by atoms with Crippen molar-refractivity contribution < 1.29 is 63.8 Å². The number of nitrogens with zero attached hydrogens (tertiary/aromatic N) is 1. The molecule has 18 heteroatoms. The van der Waals surface area contributed by atoms with Gasteiger partial charge in [0.2, 0.25) is 17.7 Å². The van der Waals surface area contributed by atoms with Crippen LogP contribution in [-0.4, -0.2) is 133 Å². The van der Waals surface area contributed by atoms with Gasteiger partial charge >= 0.3 is 5.97 Å². The first-order chi connectivity index (χ1) is 37.7. The van der Waals surface area contributed by atoms with E-state index >= 15 is 0 Å². The van der Waals surface area contributed by atoms with Gasteiger partial charge in [0.1, 0.15) is 41.5 Å². The zero-order valence-electron chi connectivity index (χ0n) is 49.2. The molecule has 1 aromatic rings. The minimum atomic E-state index is -1.58. The summed E-state index contributed by atoms with van der Waals surface area (Å²) in [7, 11) is 0. The van der Waals surface area contributed by atoms with Crippen molar-refractivity contribution in [1.82, 2.24) is 26.4 Å². The van der Waals surface area contributed by atoms with Gasteiger partial charge in [-0.3, -0.25) is 33.8 Å². The molecule has 0 aliphatic carbocycles. The molecule has 4 heterocycles. The van der Waals surface area contributed by atoms with Crippen molar-refractivity contribution in [1.29, 1.82) is 0 Å². The van der Waals surface area contributed by atoms with Gasteiger partial charge in [-0.25, -0.2) is 5.43 Å². The number of fused-ring (bicyclic) bond motifs is 2. The van der Waals surface area contributed by atoms with Crippen LogP contribution < -0.4 is 21.4 Å². The molecule has 0 radical (unpaired) electrons. The van der Waals surface area contributed by atoms with Crippen LogP contribution >= 0.6 is 0 Å². The third-order valence-corrected chi connectivity index (χ3v) is 17.3. The van der Waals surface area contributed by atoms with Gasteiger partial charge in [-0.1, -0.05) is 123 Å². The minimum Gasteiger partial charge on any atom is -0.508 e. The Balaban J connectivity index is 1.38. The first-order valence-corrected chi connectivity index (χ1v) is 29.0. The summed E-state index contributed by atoms with van der Waals surface area (Å²) in [5, 5.41) is 66.5. The highest BCUT2D eigenvalue weighted by molar-refractivity contribution is 5.99. The fourth-order valence-corrected chi connectivity index (χ4v) is 11.3. The Morgan fingerprint density at radius 3 is 2.33 bits per heavy atom. The normalized spacial score (nSPS) is 33.6. The zero-order valence-corrected chi connectivity index (χ0v) is 49.2.